The van der Waals surface area contributed by atoms with E-state index in [2.05, 4.69) is 43.0 Å². The number of rotatable bonds is 3. The first-order chi connectivity index (χ1) is 12.2. The van der Waals surface area contributed by atoms with E-state index in [0.717, 1.165) is 0 Å². The van der Waals surface area contributed by atoms with Crippen LogP contribution in [0.5, 0.6) is 0 Å². The van der Waals surface area contributed by atoms with E-state index in [1.807, 2.05) is 5.31 Å². The molecule has 1 aliphatic heterocycles. The summed E-state index contributed by atoms with van der Waals surface area (Å²) in [4.78, 5) is 2.52. The average Bonchev–Trinajstić information content (AvgIpc) is 3.23. The van der Waals surface area contributed by atoms with Crippen LogP contribution < -0.4 is 10.2 Å². The Morgan fingerprint density at radius 3 is 2.33 bits per heavy atom. The summed E-state index contributed by atoms with van der Waals surface area (Å²) < 4.78 is 9.06. The number of nitrogens with one attached hydrogen (secondary N) is 1. The fourth-order valence-electron chi connectivity index (χ4n) is 5.12. The molecule has 2 fully saturated rings. The van der Waals surface area contributed by atoms with Gasteiger partial charge in [0.2, 0.25) is 0 Å². The van der Waals surface area contributed by atoms with Crippen LogP contribution in [-0.4, -0.2) is 6.17 Å². The summed E-state index contributed by atoms with van der Waals surface area (Å²) in [7, 11) is 0. The molecule has 2 saturated carbocycles. The average molecular weight is 326 g/mol. The molecular weight excluding hydrogens is 292 g/mol. The van der Waals surface area contributed by atoms with Crippen molar-refractivity contribution in [1.29, 1.82) is 0 Å². The molecule has 0 aromatic heterocycles. The zero-order valence-corrected chi connectivity index (χ0v) is 15.3. The molecule has 130 valence electrons. The number of hydrogen-bond donors (Lipinski definition) is 1. The monoisotopic (exact) mass is 325 g/mol. The minimum absolute atomic E-state index is 0.195. The quantitative estimate of drug-likeness (QED) is 0.763. The van der Waals surface area contributed by atoms with Gasteiger partial charge >= 0.3 is 0 Å². The van der Waals surface area contributed by atoms with Crippen molar-refractivity contribution >= 4 is 5.69 Å². The van der Waals surface area contributed by atoms with Crippen molar-refractivity contribution in [2.75, 3.05) is 4.90 Å². The molecule has 2 aliphatic carbocycles. The lowest BCUT2D eigenvalue weighted by atomic mass is 9.86. The van der Waals surface area contributed by atoms with Gasteiger partial charge in [-0.15, -0.1) is 0 Å². The summed E-state index contributed by atoms with van der Waals surface area (Å²) in [6.45, 7) is 4.48. The highest BCUT2D eigenvalue weighted by molar-refractivity contribution is 5.60. The summed E-state index contributed by atoms with van der Waals surface area (Å²) in [6, 6.07) is 8.73. The van der Waals surface area contributed by atoms with Gasteiger partial charge in [0.25, 0.3) is 0 Å². The van der Waals surface area contributed by atoms with Crippen LogP contribution in [0.3, 0.4) is 0 Å². The first-order valence-corrected chi connectivity index (χ1v) is 10.0. The summed E-state index contributed by atoms with van der Waals surface area (Å²) in [5, 5.41) is 1.94. The molecule has 1 aromatic rings. The number of hydrogen-bond acceptors (Lipinski definition) is 2. The molecule has 1 unspecified atom stereocenters. The Morgan fingerprint density at radius 2 is 1.62 bits per heavy atom. The van der Waals surface area contributed by atoms with Gasteiger partial charge < -0.3 is 10.2 Å². The second-order valence-electron chi connectivity index (χ2n) is 8.05. The van der Waals surface area contributed by atoms with Crippen molar-refractivity contribution in [2.24, 2.45) is 11.8 Å². The predicted molar refractivity (Wildman–Crippen MR) is 102 cm³/mol. The molecule has 0 radical (unpaired) electrons. The molecule has 24 heavy (non-hydrogen) atoms. The standard InChI is InChI=1S/C22H32N2/c1-16-10-6-9-15-20(16)24-17(2)21(18-11-4-3-5-12-18)23-22(24)19-13-7-8-14-19/h6,9-10,15,18-19,22-23H,3-5,7-8,11-14H2,1-2H3/i/hD. The second kappa shape index (κ2) is 6.82. The van der Waals surface area contributed by atoms with E-state index >= 15 is 0 Å². The molecule has 0 saturated heterocycles. The third-order valence-electron chi connectivity index (χ3n) is 6.46. The van der Waals surface area contributed by atoms with Gasteiger partial charge in [-0.25, -0.2) is 0 Å². The van der Waals surface area contributed by atoms with Crippen molar-refractivity contribution in [3.8, 4) is 0 Å². The molecule has 1 aromatic carbocycles. The molecule has 1 heterocycles. The van der Waals surface area contributed by atoms with Crippen molar-refractivity contribution < 1.29 is 1.41 Å². The minimum Gasteiger partial charge on any atom is -0.366 e. The zero-order valence-electron chi connectivity index (χ0n) is 16.3. The number of benzene rings is 1. The number of para-hydroxylation sites is 1. The number of anilines is 1. The lowest BCUT2D eigenvalue weighted by molar-refractivity contribution is 0.355. The van der Waals surface area contributed by atoms with Crippen molar-refractivity contribution in [3.63, 3.8) is 0 Å². The third-order valence-corrected chi connectivity index (χ3v) is 6.46. The molecule has 3 aliphatic rings. The van der Waals surface area contributed by atoms with Crippen molar-refractivity contribution in [3.05, 3.63) is 41.2 Å². The van der Waals surface area contributed by atoms with E-state index in [0.29, 0.717) is 11.8 Å². The molecule has 2 nitrogen and oxygen atoms in total. The zero-order chi connectivity index (χ0) is 17.4. The van der Waals surface area contributed by atoms with Crippen LogP contribution in [0.25, 0.3) is 0 Å². The lowest BCUT2D eigenvalue weighted by Gasteiger charge is -2.33. The summed E-state index contributed by atoms with van der Waals surface area (Å²) in [5.41, 5.74) is 5.29. The maximum atomic E-state index is 9.06. The Balaban J connectivity index is 1.75. The molecule has 0 spiro atoms. The molecule has 4 rings (SSSR count). The van der Waals surface area contributed by atoms with Gasteiger partial charge in [-0.05, 0) is 57.1 Å². The SMILES string of the molecule is [2H]N1C(C2CCCCC2)=C(C)N(c2ccccc2C)C1C1CCCC1. The fraction of sp³-hybridized carbons (Fsp3) is 0.636. The van der Waals surface area contributed by atoms with Gasteiger partial charge in [-0.3, -0.25) is 0 Å². The van der Waals surface area contributed by atoms with E-state index in [1.54, 1.807) is 0 Å². The van der Waals surface area contributed by atoms with Crippen LogP contribution in [0.2, 0.25) is 1.41 Å². The topological polar surface area (TPSA) is 15.3 Å². The van der Waals surface area contributed by atoms with Gasteiger partial charge in [0.15, 0.2) is 1.41 Å². The smallest absolute Gasteiger partial charge is 0.162 e. The third kappa shape index (κ3) is 2.85. The van der Waals surface area contributed by atoms with Crippen molar-refractivity contribution in [1.82, 2.24) is 5.31 Å². The fourth-order valence-corrected chi connectivity index (χ4v) is 5.12. The molecule has 0 amide bonds. The van der Waals surface area contributed by atoms with Gasteiger partial charge in [0.1, 0.15) is 6.17 Å². The van der Waals surface area contributed by atoms with E-state index in [9.17, 15) is 0 Å². The van der Waals surface area contributed by atoms with Crippen LogP contribution in [0.1, 0.15) is 70.3 Å². The molecule has 0 bridgehead atoms. The number of allylic oxidation sites excluding steroid dienone is 2. The largest absolute Gasteiger partial charge is 0.366 e. The minimum atomic E-state index is 0.195. The highest BCUT2D eigenvalue weighted by atomic mass is 15.3. The van der Waals surface area contributed by atoms with Crippen LogP contribution in [-0.2, 0) is 0 Å². The summed E-state index contributed by atoms with van der Waals surface area (Å²) in [6.07, 6.45) is 11.9. The van der Waals surface area contributed by atoms with E-state index in [1.165, 1.54) is 80.4 Å². The maximum absolute atomic E-state index is 9.06. The summed E-state index contributed by atoms with van der Waals surface area (Å²) in [5.74, 6) is 1.21. The van der Waals surface area contributed by atoms with Gasteiger partial charge in [-0.2, -0.15) is 0 Å². The Kier molecular flexibility index (Phi) is 4.22. The van der Waals surface area contributed by atoms with Crippen LogP contribution in [0, 0.1) is 18.8 Å². The van der Waals surface area contributed by atoms with E-state index < -0.39 is 0 Å². The lowest BCUT2D eigenvalue weighted by Crippen LogP contribution is -2.43. The highest BCUT2D eigenvalue weighted by Gasteiger charge is 2.39. The van der Waals surface area contributed by atoms with E-state index in [-0.39, 0.29) is 6.17 Å². The summed E-state index contributed by atoms with van der Waals surface area (Å²) >= 11 is 0. The van der Waals surface area contributed by atoms with E-state index in [4.69, 9.17) is 1.41 Å². The van der Waals surface area contributed by atoms with Gasteiger partial charge in [-0.1, -0.05) is 50.3 Å². The number of aryl methyl sites for hydroxylation is 1. The Morgan fingerprint density at radius 1 is 0.958 bits per heavy atom. The van der Waals surface area contributed by atoms with Gasteiger partial charge in [0.05, 0.1) is 0 Å². The van der Waals surface area contributed by atoms with Crippen LogP contribution in [0.4, 0.5) is 5.69 Å². The Labute approximate surface area is 148 Å². The molecule has 1 atom stereocenters. The first-order valence-electron chi connectivity index (χ1n) is 10.5. The highest BCUT2D eigenvalue weighted by Crippen LogP contribution is 2.42. The van der Waals surface area contributed by atoms with Crippen LogP contribution in [0.15, 0.2) is 35.7 Å². The van der Waals surface area contributed by atoms with Gasteiger partial charge in [0, 0.05) is 23.0 Å². The molecular formula is C22H32N2. The number of nitrogens with zero attached hydrogens (tertiary/aromatic N) is 1. The Bertz CT molecular complexity index is 641. The second-order valence-corrected chi connectivity index (χ2v) is 8.05. The van der Waals surface area contributed by atoms with Crippen molar-refractivity contribution in [2.45, 2.75) is 77.8 Å². The Hall–Kier alpha value is -1.44. The normalized spacial score (nSPS) is 27.2. The molecule has 2 heteroatoms. The van der Waals surface area contributed by atoms with Crippen LogP contribution >= 0.6 is 0 Å². The maximum Gasteiger partial charge on any atom is 0.162 e. The first kappa shape index (κ1) is 14.9. The predicted octanol–water partition coefficient (Wildman–Crippen LogP) is 5.73. The molecule has 1 N–H and O–H groups in total.